The summed E-state index contributed by atoms with van der Waals surface area (Å²) in [4.78, 5) is 45.1. The summed E-state index contributed by atoms with van der Waals surface area (Å²) in [6, 6.07) is 0.609. The van der Waals surface area contributed by atoms with E-state index in [0.29, 0.717) is 59.2 Å². The van der Waals surface area contributed by atoms with Crippen LogP contribution in [-0.2, 0) is 9.47 Å². The van der Waals surface area contributed by atoms with Crippen molar-refractivity contribution >= 4 is 66.7 Å². The van der Waals surface area contributed by atoms with Crippen LogP contribution in [0.2, 0.25) is 0 Å². The molecule has 0 radical (unpaired) electrons. The van der Waals surface area contributed by atoms with Crippen molar-refractivity contribution in [2.75, 3.05) is 37.8 Å². The number of cyclic esters (lactones) is 2. The quantitative estimate of drug-likeness (QED) is 0.303. The van der Waals surface area contributed by atoms with Crippen LogP contribution >= 0.6 is 31.9 Å². The van der Waals surface area contributed by atoms with Crippen LogP contribution in [0.5, 0.6) is 0 Å². The zero-order valence-corrected chi connectivity index (χ0v) is 27.0. The molecule has 4 aromatic heterocycles. The van der Waals surface area contributed by atoms with Gasteiger partial charge in [-0.15, -0.1) is 0 Å². The number of nitrogens with zero attached hydrogens (tertiary/aromatic N) is 8. The third kappa shape index (κ3) is 5.10. The Balaban J connectivity index is 0.000000142. The van der Waals surface area contributed by atoms with Crippen molar-refractivity contribution in [3.05, 3.63) is 45.6 Å². The topological polar surface area (TPSA) is 172 Å². The van der Waals surface area contributed by atoms with E-state index >= 15 is 0 Å². The number of amides is 2. The van der Waals surface area contributed by atoms with Gasteiger partial charge in [-0.25, -0.2) is 29.5 Å². The van der Waals surface area contributed by atoms with Gasteiger partial charge in [-0.3, -0.25) is 8.80 Å². The highest BCUT2D eigenvalue weighted by Gasteiger charge is 2.39. The molecule has 16 heteroatoms. The van der Waals surface area contributed by atoms with Crippen LogP contribution < -0.4 is 11.5 Å². The molecule has 0 aromatic carbocycles. The molecule has 0 unspecified atom stereocenters. The molecular weight excluding hydrogens is 700 g/mol. The first kappa shape index (κ1) is 29.1. The van der Waals surface area contributed by atoms with Crippen LogP contribution in [0.1, 0.15) is 62.0 Å². The number of fused-ring (bicyclic) bond motifs is 4. The molecule has 4 aliphatic rings. The first-order valence-corrected chi connectivity index (χ1v) is 16.3. The molecule has 4 atom stereocenters. The molecule has 44 heavy (non-hydrogen) atoms. The van der Waals surface area contributed by atoms with E-state index in [9.17, 15) is 9.59 Å². The lowest BCUT2D eigenvalue weighted by molar-refractivity contribution is 0.0239. The Morgan fingerprint density at radius 3 is 1.55 bits per heavy atom. The molecule has 14 nitrogen and oxygen atoms in total. The highest BCUT2D eigenvalue weighted by Crippen LogP contribution is 2.37. The number of aromatic nitrogens is 6. The molecule has 4 saturated heterocycles. The summed E-state index contributed by atoms with van der Waals surface area (Å²) in [7, 11) is 0. The third-order valence-corrected chi connectivity index (χ3v) is 10.2. The van der Waals surface area contributed by atoms with Gasteiger partial charge >= 0.3 is 12.2 Å². The molecule has 0 saturated carbocycles. The lowest BCUT2D eigenvalue weighted by Gasteiger charge is -2.41. The SMILES string of the molecule is Nc1nccn2c([C@@H]3CC[C@H]4CCOC(=O)N4C3)nc(Br)c12.Nc1nccn2c([C@H]3CC[C@@H]4CCOC(=O)N4C3)nc(Br)c12. The first-order valence-electron chi connectivity index (χ1n) is 14.7. The van der Waals surface area contributed by atoms with Gasteiger partial charge in [-0.1, -0.05) is 0 Å². The number of hydrogen-bond donors (Lipinski definition) is 2. The van der Waals surface area contributed by atoms with E-state index in [0.717, 1.165) is 61.2 Å². The van der Waals surface area contributed by atoms with Gasteiger partial charge in [0, 0.05) is 74.6 Å². The van der Waals surface area contributed by atoms with Crippen LogP contribution in [0.3, 0.4) is 0 Å². The zero-order chi connectivity index (χ0) is 30.5. The Morgan fingerprint density at radius 2 is 1.11 bits per heavy atom. The fourth-order valence-electron chi connectivity index (χ4n) is 6.92. The first-order chi connectivity index (χ1) is 21.3. The van der Waals surface area contributed by atoms with Crippen molar-refractivity contribution in [2.24, 2.45) is 0 Å². The van der Waals surface area contributed by atoms with Gasteiger partial charge in [0.1, 0.15) is 31.9 Å². The zero-order valence-electron chi connectivity index (χ0n) is 23.8. The number of nitrogens with two attached hydrogens (primary N) is 2. The smallest absolute Gasteiger partial charge is 0.410 e. The number of imidazole rings is 2. The highest BCUT2D eigenvalue weighted by molar-refractivity contribution is 9.10. The molecular formula is C28H32Br2N10O4. The number of nitrogen functional groups attached to an aromatic ring is 2. The molecule has 4 aliphatic heterocycles. The van der Waals surface area contributed by atoms with Gasteiger partial charge in [-0.05, 0) is 57.5 Å². The van der Waals surface area contributed by atoms with Gasteiger partial charge in [-0.2, -0.15) is 0 Å². The Kier molecular flexibility index (Phi) is 7.72. The summed E-state index contributed by atoms with van der Waals surface area (Å²) >= 11 is 6.92. The van der Waals surface area contributed by atoms with E-state index in [1.165, 1.54) is 0 Å². The predicted octanol–water partition coefficient (Wildman–Crippen LogP) is 4.32. The van der Waals surface area contributed by atoms with E-state index in [4.69, 9.17) is 20.9 Å². The number of halogens is 2. The second kappa shape index (κ2) is 11.7. The summed E-state index contributed by atoms with van der Waals surface area (Å²) in [5.74, 6) is 3.05. The predicted molar refractivity (Wildman–Crippen MR) is 167 cm³/mol. The minimum atomic E-state index is -0.206. The average molecular weight is 732 g/mol. The highest BCUT2D eigenvalue weighted by atomic mass is 79.9. The fraction of sp³-hybridized carbons (Fsp3) is 0.500. The maximum atomic E-state index is 12.0. The molecule has 0 spiro atoms. The summed E-state index contributed by atoms with van der Waals surface area (Å²) in [5.41, 5.74) is 13.4. The van der Waals surface area contributed by atoms with Crippen LogP contribution in [0, 0.1) is 0 Å². The Morgan fingerprint density at radius 1 is 0.682 bits per heavy atom. The number of piperidine rings is 2. The van der Waals surface area contributed by atoms with E-state index in [1.54, 1.807) is 12.4 Å². The largest absolute Gasteiger partial charge is 0.449 e. The van der Waals surface area contributed by atoms with Gasteiger partial charge in [0.25, 0.3) is 0 Å². The van der Waals surface area contributed by atoms with Crippen LogP contribution in [-0.4, -0.2) is 89.1 Å². The molecule has 0 aliphatic carbocycles. The Hall–Kier alpha value is -3.66. The van der Waals surface area contributed by atoms with Crippen molar-refractivity contribution in [2.45, 2.75) is 62.4 Å². The number of rotatable bonds is 2. The van der Waals surface area contributed by atoms with Crippen LogP contribution in [0.15, 0.2) is 34.0 Å². The van der Waals surface area contributed by atoms with E-state index in [2.05, 4.69) is 51.8 Å². The maximum Gasteiger partial charge on any atom is 0.410 e. The monoisotopic (exact) mass is 730 g/mol. The lowest BCUT2D eigenvalue weighted by Crippen LogP contribution is -2.50. The van der Waals surface area contributed by atoms with Gasteiger partial charge in [0.15, 0.2) is 11.6 Å². The van der Waals surface area contributed by atoms with Gasteiger partial charge in [0.2, 0.25) is 0 Å². The summed E-state index contributed by atoms with van der Waals surface area (Å²) in [6.07, 6.45) is 12.4. The van der Waals surface area contributed by atoms with Crippen molar-refractivity contribution < 1.29 is 19.1 Å². The normalized spacial score (nSPS) is 25.1. The van der Waals surface area contributed by atoms with Gasteiger partial charge in [0.05, 0.1) is 13.2 Å². The van der Waals surface area contributed by atoms with Crippen molar-refractivity contribution in [3.63, 3.8) is 0 Å². The van der Waals surface area contributed by atoms with Crippen molar-refractivity contribution in [3.8, 4) is 0 Å². The van der Waals surface area contributed by atoms with E-state index < -0.39 is 0 Å². The maximum absolute atomic E-state index is 12.0. The number of carbonyl (C=O) groups is 2. The van der Waals surface area contributed by atoms with Gasteiger partial charge < -0.3 is 30.7 Å². The molecule has 232 valence electrons. The van der Waals surface area contributed by atoms with E-state index in [1.807, 2.05) is 31.0 Å². The van der Waals surface area contributed by atoms with Crippen molar-refractivity contribution in [1.82, 2.24) is 38.5 Å². The summed E-state index contributed by atoms with van der Waals surface area (Å²) in [6.45, 7) is 2.34. The molecule has 8 rings (SSSR count). The molecule has 0 bridgehead atoms. The number of ether oxygens (including phenoxy) is 2. The third-order valence-electron chi connectivity index (χ3n) is 9.10. The Labute approximate surface area is 269 Å². The number of hydrogen-bond acceptors (Lipinski definition) is 10. The fourth-order valence-corrected chi connectivity index (χ4v) is 8.07. The summed E-state index contributed by atoms with van der Waals surface area (Å²) in [5, 5.41) is 0. The average Bonchev–Trinajstić information content (AvgIpc) is 3.55. The molecule has 4 N–H and O–H groups in total. The molecule has 4 fully saturated rings. The minimum Gasteiger partial charge on any atom is -0.449 e. The lowest BCUT2D eigenvalue weighted by atomic mass is 9.90. The number of anilines is 2. The summed E-state index contributed by atoms with van der Waals surface area (Å²) < 4.78 is 15.6. The van der Waals surface area contributed by atoms with E-state index in [-0.39, 0.29) is 24.0 Å². The minimum absolute atomic E-state index is 0.169. The second-order valence-electron chi connectivity index (χ2n) is 11.6. The number of carbonyl (C=O) groups excluding carboxylic acids is 2. The van der Waals surface area contributed by atoms with Crippen molar-refractivity contribution in [1.29, 1.82) is 0 Å². The Bertz CT molecular complexity index is 1620. The van der Waals surface area contributed by atoms with Crippen LogP contribution in [0.25, 0.3) is 11.0 Å². The molecule has 8 heterocycles. The second-order valence-corrected chi connectivity index (χ2v) is 13.1. The molecule has 2 amide bonds. The van der Waals surface area contributed by atoms with Crippen LogP contribution in [0.4, 0.5) is 21.2 Å². The molecule has 4 aromatic rings. The standard InChI is InChI=1S/2C14H16BrN5O2/c2*15-11-10-12(16)17-4-5-19(10)13(18-11)8-1-2-9-3-6-22-14(21)20(9)7-8/h2*4-5,8-9H,1-3,6-7H2,(H2,16,17)/t2*8-,9+/m10/s1.